The number of carbonyl (C=O) groups excluding carboxylic acids is 2. The first-order valence-electron chi connectivity index (χ1n) is 9.91. The van der Waals surface area contributed by atoms with E-state index in [-0.39, 0.29) is 17.9 Å². The van der Waals surface area contributed by atoms with Crippen LogP contribution in [-0.4, -0.2) is 26.7 Å². The maximum Gasteiger partial charge on any atom is 0.295 e. The largest absolute Gasteiger partial charge is 0.507 e. The standard InChI is InChI=1S/C25H22N2O3/c1-2-17-10-12-20(13-11-17)23(28)21-22(19-8-4-3-5-9-19)27(25(30)24(21)29)16-18-7-6-14-26-15-18/h3-15,22,28H,2,16H2,1H3/b23-21+. The number of Topliss-reactive ketones (excluding diaryl/α,β-unsaturated/α-hetero) is 1. The van der Waals surface area contributed by atoms with E-state index in [1.54, 1.807) is 30.6 Å². The molecular formula is C25H22N2O3. The van der Waals surface area contributed by atoms with E-state index in [1.165, 1.54) is 4.90 Å². The zero-order valence-electron chi connectivity index (χ0n) is 16.7. The molecular weight excluding hydrogens is 376 g/mol. The third-order valence-electron chi connectivity index (χ3n) is 5.37. The number of amides is 1. The van der Waals surface area contributed by atoms with E-state index in [0.29, 0.717) is 5.56 Å². The van der Waals surface area contributed by atoms with Crippen molar-refractivity contribution in [1.82, 2.24) is 9.88 Å². The van der Waals surface area contributed by atoms with Crippen LogP contribution in [0.3, 0.4) is 0 Å². The summed E-state index contributed by atoms with van der Waals surface area (Å²) in [5.74, 6) is -1.46. The number of aromatic nitrogens is 1. The van der Waals surface area contributed by atoms with Crippen LogP contribution in [0.25, 0.3) is 5.76 Å². The molecule has 1 aromatic heterocycles. The quantitative estimate of drug-likeness (QED) is 0.396. The first-order chi connectivity index (χ1) is 14.6. The van der Waals surface area contributed by atoms with Crippen LogP contribution in [0.1, 0.15) is 35.2 Å². The van der Waals surface area contributed by atoms with Crippen LogP contribution in [-0.2, 0) is 22.6 Å². The maximum absolute atomic E-state index is 13.0. The van der Waals surface area contributed by atoms with Crippen LogP contribution in [0, 0.1) is 0 Å². The number of aliphatic hydroxyl groups excluding tert-OH is 1. The molecule has 2 aromatic carbocycles. The third kappa shape index (κ3) is 3.62. The topological polar surface area (TPSA) is 70.5 Å². The average Bonchev–Trinajstić information content (AvgIpc) is 3.05. The Morgan fingerprint density at radius 1 is 0.967 bits per heavy atom. The summed E-state index contributed by atoms with van der Waals surface area (Å²) in [7, 11) is 0. The van der Waals surface area contributed by atoms with Crippen molar-refractivity contribution in [2.75, 3.05) is 0 Å². The number of carbonyl (C=O) groups is 2. The monoisotopic (exact) mass is 398 g/mol. The van der Waals surface area contributed by atoms with Gasteiger partial charge in [-0.25, -0.2) is 0 Å². The van der Waals surface area contributed by atoms with E-state index in [2.05, 4.69) is 4.98 Å². The van der Waals surface area contributed by atoms with E-state index in [9.17, 15) is 14.7 Å². The van der Waals surface area contributed by atoms with Gasteiger partial charge in [0.05, 0.1) is 11.6 Å². The average molecular weight is 398 g/mol. The lowest BCUT2D eigenvalue weighted by Crippen LogP contribution is -2.29. The van der Waals surface area contributed by atoms with Gasteiger partial charge >= 0.3 is 0 Å². The molecule has 0 spiro atoms. The van der Waals surface area contributed by atoms with Crippen molar-refractivity contribution in [3.05, 3.63) is 107 Å². The highest BCUT2D eigenvalue weighted by atomic mass is 16.3. The van der Waals surface area contributed by atoms with E-state index in [0.717, 1.165) is 23.1 Å². The molecule has 1 N–H and O–H groups in total. The van der Waals surface area contributed by atoms with Gasteiger partial charge in [-0.15, -0.1) is 0 Å². The highest BCUT2D eigenvalue weighted by Gasteiger charge is 2.46. The fourth-order valence-corrected chi connectivity index (χ4v) is 3.77. The molecule has 1 unspecified atom stereocenters. The van der Waals surface area contributed by atoms with Gasteiger partial charge in [0.1, 0.15) is 5.76 Å². The first-order valence-corrected chi connectivity index (χ1v) is 9.91. The Kier molecular flexibility index (Phi) is 5.44. The zero-order valence-corrected chi connectivity index (χ0v) is 16.7. The second-order valence-corrected chi connectivity index (χ2v) is 7.25. The Labute approximate surface area is 175 Å². The number of benzene rings is 2. The van der Waals surface area contributed by atoms with Gasteiger partial charge in [0, 0.05) is 24.5 Å². The summed E-state index contributed by atoms with van der Waals surface area (Å²) in [4.78, 5) is 31.6. The summed E-state index contributed by atoms with van der Waals surface area (Å²) in [6.07, 6.45) is 4.21. The molecule has 150 valence electrons. The van der Waals surface area contributed by atoms with Crippen molar-refractivity contribution < 1.29 is 14.7 Å². The number of nitrogens with zero attached hydrogens (tertiary/aromatic N) is 2. The molecule has 30 heavy (non-hydrogen) atoms. The molecule has 5 nitrogen and oxygen atoms in total. The predicted molar refractivity (Wildman–Crippen MR) is 114 cm³/mol. The van der Waals surface area contributed by atoms with Gasteiger partial charge in [-0.2, -0.15) is 0 Å². The predicted octanol–water partition coefficient (Wildman–Crippen LogP) is 4.27. The summed E-state index contributed by atoms with van der Waals surface area (Å²) in [5, 5.41) is 11.1. The molecule has 1 aliphatic heterocycles. The molecule has 1 saturated heterocycles. The number of hydrogen-bond acceptors (Lipinski definition) is 4. The summed E-state index contributed by atoms with van der Waals surface area (Å²) >= 11 is 0. The summed E-state index contributed by atoms with van der Waals surface area (Å²) in [6.45, 7) is 2.28. The fraction of sp³-hybridized carbons (Fsp3) is 0.160. The van der Waals surface area contributed by atoms with Crippen molar-refractivity contribution in [3.63, 3.8) is 0 Å². The van der Waals surface area contributed by atoms with Gasteiger partial charge in [-0.05, 0) is 29.2 Å². The van der Waals surface area contributed by atoms with Crippen LogP contribution >= 0.6 is 0 Å². The summed E-state index contributed by atoms with van der Waals surface area (Å²) < 4.78 is 0. The minimum Gasteiger partial charge on any atom is -0.507 e. The molecule has 0 bridgehead atoms. The highest BCUT2D eigenvalue weighted by molar-refractivity contribution is 6.46. The maximum atomic E-state index is 13.0. The summed E-state index contributed by atoms with van der Waals surface area (Å²) in [6, 6.07) is 19.7. The normalized spacial score (nSPS) is 18.0. The lowest BCUT2D eigenvalue weighted by atomic mass is 9.95. The van der Waals surface area contributed by atoms with Gasteiger partial charge in [-0.1, -0.05) is 67.6 Å². The lowest BCUT2D eigenvalue weighted by molar-refractivity contribution is -0.140. The van der Waals surface area contributed by atoms with Crippen molar-refractivity contribution in [2.45, 2.75) is 25.9 Å². The van der Waals surface area contributed by atoms with Gasteiger partial charge < -0.3 is 10.0 Å². The molecule has 1 amide bonds. The van der Waals surface area contributed by atoms with Crippen molar-refractivity contribution >= 4 is 17.4 Å². The molecule has 3 aromatic rings. The number of hydrogen-bond donors (Lipinski definition) is 1. The first kappa shape index (κ1) is 19.6. The zero-order chi connectivity index (χ0) is 21.1. The molecule has 1 atom stereocenters. The van der Waals surface area contributed by atoms with Crippen molar-refractivity contribution in [3.8, 4) is 0 Å². The van der Waals surface area contributed by atoms with Crippen LogP contribution < -0.4 is 0 Å². The second-order valence-electron chi connectivity index (χ2n) is 7.25. The summed E-state index contributed by atoms with van der Waals surface area (Å²) in [5.41, 5.74) is 3.34. The molecule has 0 saturated carbocycles. The number of aryl methyl sites for hydroxylation is 1. The fourth-order valence-electron chi connectivity index (χ4n) is 3.77. The van der Waals surface area contributed by atoms with Gasteiger partial charge in [0.15, 0.2) is 0 Å². The number of rotatable bonds is 5. The Balaban J connectivity index is 1.83. The molecule has 2 heterocycles. The highest BCUT2D eigenvalue weighted by Crippen LogP contribution is 2.40. The smallest absolute Gasteiger partial charge is 0.295 e. The van der Waals surface area contributed by atoms with Crippen LogP contribution in [0.5, 0.6) is 0 Å². The van der Waals surface area contributed by atoms with Crippen molar-refractivity contribution in [1.29, 1.82) is 0 Å². The molecule has 5 heteroatoms. The van der Waals surface area contributed by atoms with E-state index < -0.39 is 17.7 Å². The molecule has 0 radical (unpaired) electrons. The SMILES string of the molecule is CCc1ccc(/C(O)=C2\C(=O)C(=O)N(Cc3cccnc3)C2c2ccccc2)cc1. The van der Waals surface area contributed by atoms with Crippen LogP contribution in [0.4, 0.5) is 0 Å². The van der Waals surface area contributed by atoms with Gasteiger partial charge in [0.2, 0.25) is 0 Å². The minimum atomic E-state index is -0.676. The number of ketones is 1. The Morgan fingerprint density at radius 2 is 1.70 bits per heavy atom. The number of pyridine rings is 1. The lowest BCUT2D eigenvalue weighted by Gasteiger charge is -2.25. The number of likely N-dealkylation sites (tertiary alicyclic amines) is 1. The van der Waals surface area contributed by atoms with E-state index in [1.807, 2.05) is 55.5 Å². The molecule has 0 aliphatic carbocycles. The van der Waals surface area contributed by atoms with Crippen LogP contribution in [0.15, 0.2) is 84.7 Å². The van der Waals surface area contributed by atoms with E-state index in [4.69, 9.17) is 0 Å². The van der Waals surface area contributed by atoms with Gasteiger partial charge in [-0.3, -0.25) is 14.6 Å². The Morgan fingerprint density at radius 3 is 2.33 bits per heavy atom. The molecule has 1 aliphatic rings. The minimum absolute atomic E-state index is 0.110. The Bertz CT molecular complexity index is 1090. The molecule has 1 fully saturated rings. The van der Waals surface area contributed by atoms with Crippen molar-refractivity contribution in [2.24, 2.45) is 0 Å². The van der Waals surface area contributed by atoms with Crippen LogP contribution in [0.2, 0.25) is 0 Å². The molecule has 4 rings (SSSR count). The number of aliphatic hydroxyl groups is 1. The Hall–Kier alpha value is -3.73. The van der Waals surface area contributed by atoms with Gasteiger partial charge in [0.25, 0.3) is 11.7 Å². The second kappa shape index (κ2) is 8.33. The third-order valence-corrected chi connectivity index (χ3v) is 5.37. The van der Waals surface area contributed by atoms with E-state index >= 15 is 0 Å².